The van der Waals surface area contributed by atoms with Gasteiger partial charge in [0.2, 0.25) is 0 Å². The standard InChI is InChI=1S/C12H20N2O2S/c1-2-3-8-16-9-5-7-13-12(15)14-11-6-4-10-17-11/h4,6,10H,2-3,5,7-9H2,1H3,(H2,13,14,15). The van der Waals surface area contributed by atoms with Crippen LogP contribution in [0, 0.1) is 0 Å². The van der Waals surface area contributed by atoms with Crippen LogP contribution in [0.25, 0.3) is 0 Å². The number of ether oxygens (including phenoxy) is 1. The first kappa shape index (κ1) is 14.0. The van der Waals surface area contributed by atoms with Crippen molar-refractivity contribution in [2.45, 2.75) is 26.2 Å². The predicted molar refractivity (Wildman–Crippen MR) is 71.7 cm³/mol. The van der Waals surface area contributed by atoms with Gasteiger partial charge in [0.1, 0.15) is 0 Å². The van der Waals surface area contributed by atoms with Crippen LogP contribution in [0.15, 0.2) is 17.5 Å². The Labute approximate surface area is 106 Å². The number of unbranched alkanes of at least 4 members (excludes halogenated alkanes) is 1. The van der Waals surface area contributed by atoms with E-state index in [1.165, 1.54) is 11.3 Å². The van der Waals surface area contributed by atoms with E-state index in [-0.39, 0.29) is 6.03 Å². The summed E-state index contributed by atoms with van der Waals surface area (Å²) in [7, 11) is 0. The van der Waals surface area contributed by atoms with Crippen LogP contribution in [0.1, 0.15) is 26.2 Å². The van der Waals surface area contributed by atoms with Gasteiger partial charge in [-0.3, -0.25) is 5.32 Å². The normalized spacial score (nSPS) is 10.2. The Morgan fingerprint density at radius 3 is 2.94 bits per heavy atom. The van der Waals surface area contributed by atoms with Gasteiger partial charge in [0, 0.05) is 19.8 Å². The van der Waals surface area contributed by atoms with E-state index < -0.39 is 0 Å². The SMILES string of the molecule is CCCCOCCCNC(=O)Nc1cccs1. The second-order valence-electron chi connectivity index (χ2n) is 3.68. The lowest BCUT2D eigenvalue weighted by atomic mass is 10.4. The minimum Gasteiger partial charge on any atom is -0.381 e. The highest BCUT2D eigenvalue weighted by molar-refractivity contribution is 7.14. The van der Waals surface area contributed by atoms with Crippen molar-refractivity contribution in [3.8, 4) is 0 Å². The number of anilines is 1. The summed E-state index contributed by atoms with van der Waals surface area (Å²) in [5, 5.41) is 8.34. The van der Waals surface area contributed by atoms with E-state index in [2.05, 4.69) is 17.6 Å². The maximum Gasteiger partial charge on any atom is 0.319 e. The number of nitrogens with one attached hydrogen (secondary N) is 2. The minimum absolute atomic E-state index is 0.152. The Morgan fingerprint density at radius 2 is 2.24 bits per heavy atom. The molecule has 0 aliphatic rings. The lowest BCUT2D eigenvalue weighted by Gasteiger charge is -2.06. The third-order valence-corrected chi connectivity index (χ3v) is 2.94. The molecular weight excluding hydrogens is 236 g/mol. The number of hydrogen-bond donors (Lipinski definition) is 2. The molecule has 0 aromatic carbocycles. The molecule has 4 nitrogen and oxygen atoms in total. The Kier molecular flexibility index (Phi) is 7.42. The molecule has 2 amide bonds. The van der Waals surface area contributed by atoms with Crippen molar-refractivity contribution < 1.29 is 9.53 Å². The van der Waals surface area contributed by atoms with Crippen molar-refractivity contribution in [1.29, 1.82) is 0 Å². The van der Waals surface area contributed by atoms with Gasteiger partial charge in [-0.2, -0.15) is 0 Å². The van der Waals surface area contributed by atoms with Crippen molar-refractivity contribution in [3.63, 3.8) is 0 Å². The van der Waals surface area contributed by atoms with Crippen LogP contribution in [0.2, 0.25) is 0 Å². The van der Waals surface area contributed by atoms with E-state index >= 15 is 0 Å². The molecule has 0 bridgehead atoms. The first-order valence-electron chi connectivity index (χ1n) is 5.99. The van der Waals surface area contributed by atoms with Crippen LogP contribution < -0.4 is 10.6 Å². The fraction of sp³-hybridized carbons (Fsp3) is 0.583. The van der Waals surface area contributed by atoms with Crippen LogP contribution in [0.5, 0.6) is 0 Å². The number of urea groups is 1. The second kappa shape index (κ2) is 9.01. The zero-order chi connectivity index (χ0) is 12.3. The molecule has 1 aromatic heterocycles. The Balaban J connectivity index is 1.94. The maximum atomic E-state index is 11.4. The van der Waals surface area contributed by atoms with E-state index in [1.807, 2.05) is 17.5 Å². The summed E-state index contributed by atoms with van der Waals surface area (Å²) in [6.45, 7) is 4.31. The fourth-order valence-corrected chi connectivity index (χ4v) is 1.84. The molecule has 0 unspecified atom stereocenters. The molecule has 17 heavy (non-hydrogen) atoms. The Hall–Kier alpha value is -1.07. The average Bonchev–Trinajstić information content (AvgIpc) is 2.80. The van der Waals surface area contributed by atoms with E-state index in [0.717, 1.165) is 30.9 Å². The third kappa shape index (κ3) is 6.97. The van der Waals surface area contributed by atoms with Gasteiger partial charge in [0.15, 0.2) is 0 Å². The number of hydrogen-bond acceptors (Lipinski definition) is 3. The van der Waals surface area contributed by atoms with Crippen LogP contribution in [-0.2, 0) is 4.74 Å². The molecule has 0 spiro atoms. The zero-order valence-electron chi connectivity index (χ0n) is 10.2. The van der Waals surface area contributed by atoms with E-state index in [0.29, 0.717) is 13.2 Å². The second-order valence-corrected chi connectivity index (χ2v) is 4.63. The molecule has 0 atom stereocenters. The van der Waals surface area contributed by atoms with E-state index in [9.17, 15) is 4.79 Å². The van der Waals surface area contributed by atoms with E-state index in [1.54, 1.807) is 0 Å². The van der Waals surface area contributed by atoms with Crippen molar-refractivity contribution >= 4 is 22.4 Å². The average molecular weight is 256 g/mol. The fourth-order valence-electron chi connectivity index (χ4n) is 1.23. The van der Waals surface area contributed by atoms with Gasteiger partial charge in [0.25, 0.3) is 0 Å². The molecule has 96 valence electrons. The molecule has 0 aliphatic heterocycles. The molecule has 0 fully saturated rings. The summed E-state index contributed by atoms with van der Waals surface area (Å²) in [6, 6.07) is 3.63. The number of carbonyl (C=O) groups is 1. The molecule has 0 aliphatic carbocycles. The molecule has 0 saturated heterocycles. The Bertz CT molecular complexity index is 301. The van der Waals surface area contributed by atoms with Crippen molar-refractivity contribution in [2.24, 2.45) is 0 Å². The quantitative estimate of drug-likeness (QED) is 0.702. The minimum atomic E-state index is -0.152. The predicted octanol–water partition coefficient (Wildman–Crippen LogP) is 3.08. The van der Waals surface area contributed by atoms with Gasteiger partial charge in [-0.05, 0) is 30.4 Å². The lowest BCUT2D eigenvalue weighted by Crippen LogP contribution is -2.29. The number of thiophene rings is 1. The summed E-state index contributed by atoms with van der Waals surface area (Å²) in [6.07, 6.45) is 3.11. The smallest absolute Gasteiger partial charge is 0.319 e. The lowest BCUT2D eigenvalue weighted by molar-refractivity contribution is 0.129. The van der Waals surface area contributed by atoms with Crippen molar-refractivity contribution in [3.05, 3.63) is 17.5 Å². The maximum absolute atomic E-state index is 11.4. The monoisotopic (exact) mass is 256 g/mol. The molecule has 2 N–H and O–H groups in total. The molecule has 1 aromatic rings. The highest BCUT2D eigenvalue weighted by atomic mass is 32.1. The van der Waals surface area contributed by atoms with Crippen LogP contribution >= 0.6 is 11.3 Å². The summed E-state index contributed by atoms with van der Waals surface area (Å²) in [4.78, 5) is 11.4. The molecule has 0 radical (unpaired) electrons. The van der Waals surface area contributed by atoms with Gasteiger partial charge >= 0.3 is 6.03 Å². The molecule has 0 saturated carbocycles. The topological polar surface area (TPSA) is 50.4 Å². The Morgan fingerprint density at radius 1 is 1.41 bits per heavy atom. The number of carbonyl (C=O) groups excluding carboxylic acids is 1. The van der Waals surface area contributed by atoms with Gasteiger partial charge < -0.3 is 10.1 Å². The molecule has 1 heterocycles. The van der Waals surface area contributed by atoms with Crippen molar-refractivity contribution in [1.82, 2.24) is 5.32 Å². The van der Waals surface area contributed by atoms with Gasteiger partial charge in [-0.25, -0.2) is 4.79 Å². The van der Waals surface area contributed by atoms with Gasteiger partial charge in [0.05, 0.1) is 5.00 Å². The molecule has 1 rings (SSSR count). The first-order valence-corrected chi connectivity index (χ1v) is 6.87. The summed E-state index contributed by atoms with van der Waals surface area (Å²) >= 11 is 1.51. The summed E-state index contributed by atoms with van der Waals surface area (Å²) < 4.78 is 5.39. The third-order valence-electron chi connectivity index (χ3n) is 2.15. The highest BCUT2D eigenvalue weighted by Crippen LogP contribution is 2.14. The highest BCUT2D eigenvalue weighted by Gasteiger charge is 2.00. The zero-order valence-corrected chi connectivity index (χ0v) is 11.0. The van der Waals surface area contributed by atoms with Crippen LogP contribution in [0.4, 0.5) is 9.80 Å². The van der Waals surface area contributed by atoms with Gasteiger partial charge in [-0.1, -0.05) is 13.3 Å². The first-order chi connectivity index (χ1) is 8.33. The van der Waals surface area contributed by atoms with E-state index in [4.69, 9.17) is 4.74 Å². The molecule has 5 heteroatoms. The summed E-state index contributed by atoms with van der Waals surface area (Å²) in [5.41, 5.74) is 0. The van der Waals surface area contributed by atoms with Crippen LogP contribution in [-0.4, -0.2) is 25.8 Å². The molecular formula is C12H20N2O2S. The number of rotatable bonds is 8. The van der Waals surface area contributed by atoms with Gasteiger partial charge in [-0.15, -0.1) is 11.3 Å². The van der Waals surface area contributed by atoms with Crippen LogP contribution in [0.3, 0.4) is 0 Å². The largest absolute Gasteiger partial charge is 0.381 e. The number of amides is 2. The van der Waals surface area contributed by atoms with Crippen molar-refractivity contribution in [2.75, 3.05) is 25.1 Å². The summed E-state index contributed by atoms with van der Waals surface area (Å²) in [5.74, 6) is 0.